The van der Waals surface area contributed by atoms with Crippen LogP contribution in [0, 0.1) is 0 Å². The topological polar surface area (TPSA) is 54.8 Å². The Kier molecular flexibility index (Phi) is 3.79. The first-order valence-corrected chi connectivity index (χ1v) is 4.39. The van der Waals surface area contributed by atoms with E-state index in [4.69, 9.17) is 0 Å². The summed E-state index contributed by atoms with van der Waals surface area (Å²) in [5.74, 6) is -0.0768. The summed E-state index contributed by atoms with van der Waals surface area (Å²) in [5.41, 5.74) is 0.359. The van der Waals surface area contributed by atoms with E-state index >= 15 is 0 Å². The van der Waals surface area contributed by atoms with Gasteiger partial charge in [0.25, 0.3) is 0 Å². The number of methoxy groups -OCH3 is 1. The number of esters is 1. The van der Waals surface area contributed by atoms with Crippen molar-refractivity contribution in [3.63, 3.8) is 0 Å². The molecule has 0 saturated carbocycles. The first-order chi connectivity index (χ1) is 7.15. The lowest BCUT2D eigenvalue weighted by atomic mass is 10.2. The van der Waals surface area contributed by atoms with Gasteiger partial charge in [-0.1, -0.05) is 0 Å². The van der Waals surface area contributed by atoms with Gasteiger partial charge in [-0.25, -0.2) is 14.8 Å². The monoisotopic (exact) mass is 207 g/mol. The third kappa shape index (κ3) is 3.05. The fraction of sp³-hybridized carbons (Fsp3) is 0.300. The average Bonchev–Trinajstić information content (AvgIpc) is 2.25. The molecule has 0 radical (unpaired) electrons. The molecular formula is C10H13N3O2. The van der Waals surface area contributed by atoms with Crippen molar-refractivity contribution in [2.24, 2.45) is 4.99 Å². The summed E-state index contributed by atoms with van der Waals surface area (Å²) in [6, 6.07) is 3.29. The maximum atomic E-state index is 11.3. The summed E-state index contributed by atoms with van der Waals surface area (Å²) in [6.07, 6.45) is 3.16. The molecule has 0 amide bonds. The van der Waals surface area contributed by atoms with Crippen LogP contribution in [0.4, 0.5) is 5.82 Å². The second-order valence-corrected chi connectivity index (χ2v) is 3.07. The molecule has 0 atom stereocenters. The van der Waals surface area contributed by atoms with Crippen LogP contribution in [0.1, 0.15) is 10.4 Å². The number of nitrogens with zero attached hydrogens (tertiary/aromatic N) is 3. The maximum absolute atomic E-state index is 11.3. The van der Waals surface area contributed by atoms with E-state index in [1.54, 1.807) is 29.6 Å². The van der Waals surface area contributed by atoms with Gasteiger partial charge in [-0.05, 0) is 12.1 Å². The Balaban J connectivity index is 3.01. The Bertz CT molecular complexity index is 375. The van der Waals surface area contributed by atoms with Crippen molar-refractivity contribution in [3.05, 3.63) is 23.9 Å². The van der Waals surface area contributed by atoms with Crippen molar-refractivity contribution in [1.82, 2.24) is 9.88 Å². The Morgan fingerprint density at radius 3 is 2.93 bits per heavy atom. The van der Waals surface area contributed by atoms with Gasteiger partial charge < -0.3 is 9.64 Å². The fourth-order valence-electron chi connectivity index (χ4n) is 0.939. The van der Waals surface area contributed by atoms with Crippen LogP contribution in [0.3, 0.4) is 0 Å². The third-order valence-electron chi connectivity index (χ3n) is 1.60. The first kappa shape index (κ1) is 11.2. The molecule has 0 aliphatic rings. The predicted molar refractivity (Wildman–Crippen MR) is 57.4 cm³/mol. The Morgan fingerprint density at radius 1 is 1.60 bits per heavy atom. The molecule has 0 fully saturated rings. The van der Waals surface area contributed by atoms with E-state index in [2.05, 4.69) is 14.7 Å². The molecule has 1 aromatic rings. The highest BCUT2D eigenvalue weighted by atomic mass is 16.5. The van der Waals surface area contributed by atoms with Gasteiger partial charge in [0.1, 0.15) is 5.56 Å². The Hall–Kier alpha value is -1.91. The highest BCUT2D eigenvalue weighted by Gasteiger charge is 2.10. The van der Waals surface area contributed by atoms with Crippen molar-refractivity contribution in [1.29, 1.82) is 0 Å². The predicted octanol–water partition coefficient (Wildman–Crippen LogP) is 1.09. The van der Waals surface area contributed by atoms with E-state index in [1.807, 2.05) is 14.1 Å². The van der Waals surface area contributed by atoms with Crippen LogP contribution in [-0.2, 0) is 4.74 Å². The molecule has 0 unspecified atom stereocenters. The minimum absolute atomic E-state index is 0.359. The van der Waals surface area contributed by atoms with E-state index in [9.17, 15) is 4.79 Å². The molecule has 1 heterocycles. The van der Waals surface area contributed by atoms with Gasteiger partial charge in [0.15, 0.2) is 5.82 Å². The lowest BCUT2D eigenvalue weighted by molar-refractivity contribution is 0.0601. The normalized spacial score (nSPS) is 10.3. The smallest absolute Gasteiger partial charge is 0.341 e. The van der Waals surface area contributed by atoms with E-state index in [1.165, 1.54) is 7.11 Å². The lowest BCUT2D eigenvalue weighted by Crippen LogP contribution is -2.08. The molecule has 0 bridgehead atoms. The van der Waals surface area contributed by atoms with Crippen LogP contribution in [0.15, 0.2) is 23.3 Å². The largest absolute Gasteiger partial charge is 0.465 e. The molecule has 80 valence electrons. The molecule has 1 rings (SSSR count). The van der Waals surface area contributed by atoms with Crippen LogP contribution < -0.4 is 0 Å². The summed E-state index contributed by atoms with van der Waals surface area (Å²) in [7, 11) is 5.00. The Morgan fingerprint density at radius 2 is 2.33 bits per heavy atom. The molecule has 15 heavy (non-hydrogen) atoms. The minimum Gasteiger partial charge on any atom is -0.465 e. The molecule has 0 aliphatic heterocycles. The summed E-state index contributed by atoms with van der Waals surface area (Å²) in [5, 5.41) is 0. The molecule has 0 saturated heterocycles. The van der Waals surface area contributed by atoms with Crippen LogP contribution in [0.2, 0.25) is 0 Å². The van der Waals surface area contributed by atoms with Crippen molar-refractivity contribution >= 4 is 18.1 Å². The molecule has 0 N–H and O–H groups in total. The van der Waals surface area contributed by atoms with Crippen LogP contribution in [0.5, 0.6) is 0 Å². The maximum Gasteiger partial charge on any atom is 0.341 e. The number of carbonyl (C=O) groups excluding carboxylic acids is 1. The second-order valence-electron chi connectivity index (χ2n) is 3.07. The molecule has 1 aromatic heterocycles. The van der Waals surface area contributed by atoms with Crippen molar-refractivity contribution in [2.75, 3.05) is 21.2 Å². The van der Waals surface area contributed by atoms with E-state index < -0.39 is 5.97 Å². The first-order valence-electron chi connectivity index (χ1n) is 4.39. The molecule has 0 spiro atoms. The van der Waals surface area contributed by atoms with Gasteiger partial charge in [-0.2, -0.15) is 0 Å². The van der Waals surface area contributed by atoms with Gasteiger partial charge in [-0.3, -0.25) is 0 Å². The summed E-state index contributed by atoms with van der Waals surface area (Å²) in [6.45, 7) is 0. The molecule has 0 aliphatic carbocycles. The van der Waals surface area contributed by atoms with Gasteiger partial charge in [-0.15, -0.1) is 0 Å². The molecule has 0 aromatic carbocycles. The highest BCUT2D eigenvalue weighted by molar-refractivity contribution is 5.94. The van der Waals surface area contributed by atoms with Gasteiger partial charge in [0, 0.05) is 20.3 Å². The van der Waals surface area contributed by atoms with Gasteiger partial charge >= 0.3 is 5.97 Å². The van der Waals surface area contributed by atoms with Crippen LogP contribution >= 0.6 is 0 Å². The van der Waals surface area contributed by atoms with E-state index in [-0.39, 0.29) is 0 Å². The zero-order valence-electron chi connectivity index (χ0n) is 8.97. The van der Waals surface area contributed by atoms with Crippen LogP contribution in [-0.4, -0.2) is 43.4 Å². The number of aromatic nitrogens is 1. The summed E-state index contributed by atoms with van der Waals surface area (Å²) in [4.78, 5) is 21.1. The highest BCUT2D eigenvalue weighted by Crippen LogP contribution is 2.15. The SMILES string of the molecule is COC(=O)c1cccnc1N=CN(C)C. The van der Waals surface area contributed by atoms with Crippen LogP contribution in [0.25, 0.3) is 0 Å². The standard InChI is InChI=1S/C10H13N3O2/c1-13(2)7-12-9-8(10(14)15-3)5-4-6-11-9/h4-7H,1-3H3. The number of hydrogen-bond donors (Lipinski definition) is 0. The van der Waals surface area contributed by atoms with E-state index in [0.717, 1.165) is 0 Å². The third-order valence-corrected chi connectivity index (χ3v) is 1.60. The zero-order valence-corrected chi connectivity index (χ0v) is 8.97. The van der Waals surface area contributed by atoms with Crippen molar-refractivity contribution in [3.8, 4) is 0 Å². The second kappa shape index (κ2) is 5.09. The minimum atomic E-state index is -0.436. The average molecular weight is 207 g/mol. The Labute approximate surface area is 88.4 Å². The lowest BCUT2D eigenvalue weighted by Gasteiger charge is -2.04. The number of ether oxygens (including phenoxy) is 1. The fourth-order valence-corrected chi connectivity index (χ4v) is 0.939. The molecule has 5 heteroatoms. The summed E-state index contributed by atoms with van der Waals surface area (Å²) < 4.78 is 4.62. The van der Waals surface area contributed by atoms with Crippen molar-refractivity contribution < 1.29 is 9.53 Å². The summed E-state index contributed by atoms with van der Waals surface area (Å²) >= 11 is 0. The van der Waals surface area contributed by atoms with Gasteiger partial charge in [0.2, 0.25) is 0 Å². The number of pyridine rings is 1. The van der Waals surface area contributed by atoms with Crippen molar-refractivity contribution in [2.45, 2.75) is 0 Å². The number of carbonyl (C=O) groups is 1. The molecule has 5 nitrogen and oxygen atoms in total. The number of rotatable bonds is 3. The number of hydrogen-bond acceptors (Lipinski definition) is 4. The molecular weight excluding hydrogens is 194 g/mol. The van der Waals surface area contributed by atoms with Gasteiger partial charge in [0.05, 0.1) is 13.4 Å². The number of aliphatic imine (C=N–C) groups is 1. The zero-order chi connectivity index (χ0) is 11.3. The quantitative estimate of drug-likeness (QED) is 0.423. The van der Waals surface area contributed by atoms with E-state index in [0.29, 0.717) is 11.4 Å².